The van der Waals surface area contributed by atoms with Crippen molar-refractivity contribution in [3.63, 3.8) is 0 Å². The Kier molecular flexibility index (Phi) is 21.2. The van der Waals surface area contributed by atoms with Gasteiger partial charge in [0.2, 0.25) is 5.91 Å². The quantitative estimate of drug-likeness (QED) is 0.230. The minimum atomic E-state index is -1.23. The number of amides is 1. The largest absolute Gasteiger partial charge is 0.377 e. The molecule has 0 rings (SSSR count). The Morgan fingerprint density at radius 3 is 1.61 bits per heavy atom. The van der Waals surface area contributed by atoms with E-state index in [1.165, 1.54) is 6.92 Å². The van der Waals surface area contributed by atoms with Crippen molar-refractivity contribution < 1.29 is 42.4 Å². The first kappa shape index (κ1) is 29.8. The number of carbonyl (C=O) groups excluding carboxylic acids is 2. The van der Waals surface area contributed by atoms with E-state index < -0.39 is 6.17 Å². The number of hydrogen-bond acceptors (Lipinski definition) is 8. The summed E-state index contributed by atoms with van der Waals surface area (Å²) in [6.07, 6.45) is -0.400. The summed E-state index contributed by atoms with van der Waals surface area (Å²) in [4.78, 5) is 22.2. The summed E-state index contributed by atoms with van der Waals surface area (Å²) in [5, 5.41) is 2.39. The summed E-state index contributed by atoms with van der Waals surface area (Å²) in [6.45, 7) is 9.34. The predicted octanol–water partition coefficient (Wildman–Crippen LogP) is 1.18. The lowest BCUT2D eigenvalue weighted by Crippen LogP contribution is -2.30. The van der Waals surface area contributed by atoms with Crippen LogP contribution in [0.3, 0.4) is 0 Å². The van der Waals surface area contributed by atoms with Gasteiger partial charge in [-0.15, -0.1) is 0 Å². The van der Waals surface area contributed by atoms with Crippen LogP contribution in [0, 0.1) is 5.92 Å². The molecule has 0 bridgehead atoms. The van der Waals surface area contributed by atoms with Crippen LogP contribution in [0.4, 0.5) is 4.39 Å². The summed E-state index contributed by atoms with van der Waals surface area (Å²) in [5.41, 5.74) is 0. The summed E-state index contributed by atoms with van der Waals surface area (Å²) in [6, 6.07) is 0. The molecule has 184 valence electrons. The Morgan fingerprint density at radius 1 is 0.774 bits per heavy atom. The number of ether oxygens (including phenoxy) is 6. The average Bonchev–Trinajstić information content (AvgIpc) is 2.75. The molecule has 0 aromatic rings. The first-order valence-corrected chi connectivity index (χ1v) is 10.8. The molecule has 2 atom stereocenters. The van der Waals surface area contributed by atoms with Crippen LogP contribution in [0.5, 0.6) is 0 Å². The minimum Gasteiger partial charge on any atom is -0.377 e. The number of Topliss-reactive ketones (excluding diaryl/α,β-unsaturated/α-hetero) is 1. The highest BCUT2D eigenvalue weighted by Crippen LogP contribution is 2.01. The molecular formula is C21H40FNO8. The maximum atomic E-state index is 13.3. The van der Waals surface area contributed by atoms with Gasteiger partial charge in [0.1, 0.15) is 12.8 Å². The van der Waals surface area contributed by atoms with E-state index in [0.717, 1.165) is 6.42 Å². The molecular weight excluding hydrogens is 413 g/mol. The Labute approximate surface area is 185 Å². The number of ketones is 1. The zero-order valence-corrected chi connectivity index (χ0v) is 19.2. The van der Waals surface area contributed by atoms with E-state index >= 15 is 0 Å². The molecule has 0 radical (unpaired) electrons. The zero-order chi connectivity index (χ0) is 23.2. The van der Waals surface area contributed by atoms with Crippen molar-refractivity contribution in [1.29, 1.82) is 0 Å². The van der Waals surface area contributed by atoms with Gasteiger partial charge in [-0.3, -0.25) is 9.59 Å². The van der Waals surface area contributed by atoms with E-state index in [4.69, 9.17) is 28.4 Å². The fourth-order valence-electron chi connectivity index (χ4n) is 2.06. The zero-order valence-electron chi connectivity index (χ0n) is 19.2. The monoisotopic (exact) mass is 453 g/mol. The summed E-state index contributed by atoms with van der Waals surface area (Å²) in [5.74, 6) is -0.104. The van der Waals surface area contributed by atoms with E-state index in [2.05, 4.69) is 5.32 Å². The van der Waals surface area contributed by atoms with E-state index in [9.17, 15) is 14.0 Å². The number of hydrogen-bond donors (Lipinski definition) is 1. The van der Waals surface area contributed by atoms with Crippen LogP contribution >= 0.6 is 0 Å². The van der Waals surface area contributed by atoms with Gasteiger partial charge in [-0.2, -0.15) is 0 Å². The van der Waals surface area contributed by atoms with E-state index in [1.807, 2.05) is 13.8 Å². The van der Waals surface area contributed by atoms with E-state index in [-0.39, 0.29) is 44.0 Å². The van der Waals surface area contributed by atoms with Gasteiger partial charge in [-0.1, -0.05) is 13.8 Å². The normalized spacial score (nSPS) is 13.2. The molecule has 9 nitrogen and oxygen atoms in total. The van der Waals surface area contributed by atoms with Gasteiger partial charge in [0.15, 0.2) is 5.78 Å². The van der Waals surface area contributed by atoms with Crippen molar-refractivity contribution in [3.05, 3.63) is 0 Å². The highest BCUT2D eigenvalue weighted by Gasteiger charge is 2.10. The SMILES string of the molecule is CCC(C)C(=O)COCCOCCOCCOCCOCCOCC(F)CNC(C)=O. The van der Waals surface area contributed by atoms with Crippen LogP contribution in [-0.2, 0) is 38.0 Å². The molecule has 0 saturated carbocycles. The Balaban J connectivity index is 3.17. The number of rotatable bonds is 23. The maximum Gasteiger partial charge on any atom is 0.216 e. The third kappa shape index (κ3) is 21.8. The number of halogens is 1. The Hall–Kier alpha value is -1.17. The molecule has 2 unspecified atom stereocenters. The van der Waals surface area contributed by atoms with Gasteiger partial charge in [0, 0.05) is 12.8 Å². The van der Waals surface area contributed by atoms with Gasteiger partial charge in [0.25, 0.3) is 0 Å². The second-order valence-corrected chi connectivity index (χ2v) is 6.89. The molecule has 1 amide bonds. The molecule has 31 heavy (non-hydrogen) atoms. The van der Waals surface area contributed by atoms with Crippen molar-refractivity contribution in [2.24, 2.45) is 5.92 Å². The molecule has 0 aromatic carbocycles. The Bertz CT molecular complexity index is 442. The minimum absolute atomic E-state index is 0.0422. The molecule has 10 heteroatoms. The fourth-order valence-corrected chi connectivity index (χ4v) is 2.06. The smallest absolute Gasteiger partial charge is 0.216 e. The molecule has 0 saturated heterocycles. The van der Waals surface area contributed by atoms with Crippen LogP contribution in [0.15, 0.2) is 0 Å². The molecule has 0 aliphatic rings. The van der Waals surface area contributed by atoms with Gasteiger partial charge in [0.05, 0.1) is 79.2 Å². The van der Waals surface area contributed by atoms with Crippen LogP contribution in [-0.4, -0.2) is 104 Å². The number of nitrogens with one attached hydrogen (secondary N) is 1. The third-order valence-electron chi connectivity index (χ3n) is 4.14. The molecule has 0 spiro atoms. The topological polar surface area (TPSA) is 102 Å². The summed E-state index contributed by atoms with van der Waals surface area (Å²) >= 11 is 0. The van der Waals surface area contributed by atoms with Crippen LogP contribution in [0.2, 0.25) is 0 Å². The van der Waals surface area contributed by atoms with Crippen molar-refractivity contribution >= 4 is 11.7 Å². The fraction of sp³-hybridized carbons (Fsp3) is 0.905. The molecule has 0 aromatic heterocycles. The second-order valence-electron chi connectivity index (χ2n) is 6.89. The molecule has 0 fully saturated rings. The van der Waals surface area contributed by atoms with Gasteiger partial charge >= 0.3 is 0 Å². The predicted molar refractivity (Wildman–Crippen MR) is 113 cm³/mol. The van der Waals surface area contributed by atoms with Crippen LogP contribution in [0.25, 0.3) is 0 Å². The van der Waals surface area contributed by atoms with E-state index in [0.29, 0.717) is 59.5 Å². The number of carbonyl (C=O) groups is 2. The first-order chi connectivity index (χ1) is 15.0. The van der Waals surface area contributed by atoms with Crippen molar-refractivity contribution in [3.8, 4) is 0 Å². The molecule has 0 heterocycles. The molecule has 1 N–H and O–H groups in total. The average molecular weight is 454 g/mol. The van der Waals surface area contributed by atoms with E-state index in [1.54, 1.807) is 0 Å². The first-order valence-electron chi connectivity index (χ1n) is 10.8. The molecule has 0 aliphatic heterocycles. The standard InChI is InChI=1S/C21H40FNO8/c1-4-18(2)21(25)17-31-14-12-29-10-8-27-6-5-26-7-9-28-11-13-30-16-20(22)15-23-19(3)24/h18,20H,4-17H2,1-3H3,(H,23,24). The van der Waals surface area contributed by atoms with Crippen molar-refractivity contribution in [2.75, 3.05) is 85.8 Å². The van der Waals surface area contributed by atoms with Crippen molar-refractivity contribution in [1.82, 2.24) is 5.32 Å². The number of alkyl halides is 1. The van der Waals surface area contributed by atoms with Gasteiger partial charge in [-0.05, 0) is 6.42 Å². The summed E-state index contributed by atoms with van der Waals surface area (Å²) < 4.78 is 45.1. The highest BCUT2D eigenvalue weighted by molar-refractivity contribution is 5.81. The highest BCUT2D eigenvalue weighted by atomic mass is 19.1. The van der Waals surface area contributed by atoms with Crippen LogP contribution < -0.4 is 5.32 Å². The summed E-state index contributed by atoms with van der Waals surface area (Å²) in [7, 11) is 0. The second kappa shape index (κ2) is 22.0. The van der Waals surface area contributed by atoms with Crippen molar-refractivity contribution in [2.45, 2.75) is 33.4 Å². The van der Waals surface area contributed by atoms with Crippen LogP contribution in [0.1, 0.15) is 27.2 Å². The maximum absolute atomic E-state index is 13.3. The third-order valence-corrected chi connectivity index (χ3v) is 4.14. The van der Waals surface area contributed by atoms with Gasteiger partial charge < -0.3 is 33.7 Å². The lowest BCUT2D eigenvalue weighted by molar-refractivity contribution is -0.127. The van der Waals surface area contributed by atoms with Gasteiger partial charge in [-0.25, -0.2) is 4.39 Å². The molecule has 0 aliphatic carbocycles. The lowest BCUT2D eigenvalue weighted by atomic mass is 10.1. The lowest BCUT2D eigenvalue weighted by Gasteiger charge is -2.10. The Morgan fingerprint density at radius 2 is 1.19 bits per heavy atom.